The lowest BCUT2D eigenvalue weighted by molar-refractivity contribution is -0.141. The van der Waals surface area contributed by atoms with Gasteiger partial charge in [-0.05, 0) is 66.3 Å². The minimum absolute atomic E-state index is 0.141. The van der Waals surface area contributed by atoms with Crippen LogP contribution in [0.3, 0.4) is 0 Å². The van der Waals surface area contributed by atoms with Crippen LogP contribution >= 0.6 is 0 Å². The van der Waals surface area contributed by atoms with E-state index in [4.69, 9.17) is 11.5 Å². The summed E-state index contributed by atoms with van der Waals surface area (Å²) in [5.74, 6) is -1.16. The number of nitrogens with zero attached hydrogens (tertiary/aromatic N) is 3. The summed E-state index contributed by atoms with van der Waals surface area (Å²) in [4.78, 5) is 17.6. The second kappa shape index (κ2) is 10.8. The highest BCUT2D eigenvalue weighted by atomic mass is 19.4. The molecule has 0 bridgehead atoms. The van der Waals surface area contributed by atoms with Gasteiger partial charge in [-0.2, -0.15) is 18.3 Å². The molecule has 0 spiro atoms. The van der Waals surface area contributed by atoms with E-state index in [0.717, 1.165) is 23.9 Å². The molecule has 1 aliphatic carbocycles. The molecule has 0 aliphatic heterocycles. The smallest absolute Gasteiger partial charge is 0.326 e. The number of nitrogens with two attached hydrogens (primary N) is 2. The van der Waals surface area contributed by atoms with E-state index in [9.17, 15) is 18.0 Å². The average Bonchev–Trinajstić information content (AvgIpc) is 3.67. The molecule has 40 heavy (non-hydrogen) atoms. The number of halogens is 4. The Labute approximate surface area is 228 Å². The molecule has 7 nitrogen and oxygen atoms in total. The second-order valence-electron chi connectivity index (χ2n) is 10.0. The molecule has 208 valence electrons. The van der Waals surface area contributed by atoms with E-state index in [1.807, 2.05) is 6.07 Å². The minimum Gasteiger partial charge on any atom is -0.326 e. The lowest BCUT2D eigenvalue weighted by Gasteiger charge is -2.30. The Bertz CT molecular complexity index is 1520. The number of pyridine rings is 1. The zero-order valence-corrected chi connectivity index (χ0v) is 21.5. The third-order valence-corrected chi connectivity index (χ3v) is 7.12. The van der Waals surface area contributed by atoms with Crippen LogP contribution in [-0.2, 0) is 18.3 Å². The SMILES string of the molecule is NCc1cccc(-n2nc(C(F)(F)F)cc2C(=O)Nc2ccc(C(N)(CCC3CC3)c3ccccn3)cc2F)c1. The van der Waals surface area contributed by atoms with Gasteiger partial charge in [0.15, 0.2) is 5.69 Å². The van der Waals surface area contributed by atoms with Crippen LogP contribution < -0.4 is 16.8 Å². The van der Waals surface area contributed by atoms with Crippen LogP contribution in [0.5, 0.6) is 0 Å². The van der Waals surface area contributed by atoms with Crippen LogP contribution in [0.15, 0.2) is 72.9 Å². The summed E-state index contributed by atoms with van der Waals surface area (Å²) in [6.45, 7) is 0.141. The quantitative estimate of drug-likeness (QED) is 0.237. The van der Waals surface area contributed by atoms with Gasteiger partial charge in [-0.25, -0.2) is 9.07 Å². The molecule has 0 radical (unpaired) electrons. The number of rotatable bonds is 9. The number of hydrogen-bond acceptors (Lipinski definition) is 5. The Hall–Kier alpha value is -4.09. The van der Waals surface area contributed by atoms with Gasteiger partial charge in [0, 0.05) is 18.8 Å². The molecule has 5 rings (SSSR count). The first-order chi connectivity index (χ1) is 19.1. The number of amides is 1. The van der Waals surface area contributed by atoms with E-state index in [-0.39, 0.29) is 17.9 Å². The topological polar surface area (TPSA) is 112 Å². The highest BCUT2D eigenvalue weighted by Gasteiger charge is 2.37. The zero-order chi connectivity index (χ0) is 28.5. The van der Waals surface area contributed by atoms with Crippen LogP contribution in [0.2, 0.25) is 0 Å². The Morgan fingerprint density at radius 1 is 1.02 bits per heavy atom. The summed E-state index contributed by atoms with van der Waals surface area (Å²) in [6.07, 6.45) is 0.530. The lowest BCUT2D eigenvalue weighted by atomic mass is 9.82. The molecule has 1 fully saturated rings. The van der Waals surface area contributed by atoms with Crippen LogP contribution in [0.1, 0.15) is 58.7 Å². The van der Waals surface area contributed by atoms with Gasteiger partial charge in [-0.1, -0.05) is 37.1 Å². The molecule has 5 N–H and O–H groups in total. The summed E-state index contributed by atoms with van der Waals surface area (Å²) in [7, 11) is 0. The Kier molecular flexibility index (Phi) is 7.43. The van der Waals surface area contributed by atoms with Crippen molar-refractivity contribution in [2.24, 2.45) is 17.4 Å². The third kappa shape index (κ3) is 5.75. The fourth-order valence-electron chi connectivity index (χ4n) is 4.66. The maximum absolute atomic E-state index is 15.4. The van der Waals surface area contributed by atoms with Crippen LogP contribution in [0.25, 0.3) is 5.69 Å². The third-order valence-electron chi connectivity index (χ3n) is 7.12. The first-order valence-electron chi connectivity index (χ1n) is 12.9. The fraction of sp³-hybridized carbons (Fsp3) is 0.276. The fourth-order valence-corrected chi connectivity index (χ4v) is 4.66. The molecular formula is C29H28F4N6O. The monoisotopic (exact) mass is 552 g/mol. The predicted molar refractivity (Wildman–Crippen MR) is 142 cm³/mol. The average molecular weight is 553 g/mol. The van der Waals surface area contributed by atoms with E-state index in [1.165, 1.54) is 24.3 Å². The molecule has 2 aromatic heterocycles. The summed E-state index contributed by atoms with van der Waals surface area (Å²) < 4.78 is 56.8. The van der Waals surface area contributed by atoms with Crippen molar-refractivity contribution in [3.63, 3.8) is 0 Å². The molecule has 2 aromatic carbocycles. The standard InChI is InChI=1S/C29H28F4N6O/c30-22-15-20(28(35,12-11-18-7-8-18)25-6-1-2-13-36-25)9-10-23(22)37-27(40)24-16-26(29(31,32)33)38-39(24)21-5-3-4-19(14-21)17-34/h1-6,9-10,13-16,18H,7-8,11-12,17,34-35H2,(H,37,40). The normalized spacial score (nSPS) is 15.1. The molecule has 2 heterocycles. The molecule has 11 heteroatoms. The summed E-state index contributed by atoms with van der Waals surface area (Å²) in [6, 6.07) is 16.5. The summed E-state index contributed by atoms with van der Waals surface area (Å²) in [5.41, 5.74) is 11.5. The number of anilines is 1. The molecule has 1 aliphatic rings. The van der Waals surface area contributed by atoms with Crippen molar-refractivity contribution >= 4 is 11.6 Å². The first-order valence-corrected chi connectivity index (χ1v) is 12.9. The lowest BCUT2D eigenvalue weighted by Crippen LogP contribution is -2.39. The number of alkyl halides is 3. The summed E-state index contributed by atoms with van der Waals surface area (Å²) >= 11 is 0. The Morgan fingerprint density at radius 2 is 1.82 bits per heavy atom. The van der Waals surface area contributed by atoms with Crippen molar-refractivity contribution < 1.29 is 22.4 Å². The zero-order valence-electron chi connectivity index (χ0n) is 21.5. The molecule has 1 unspecified atom stereocenters. The van der Waals surface area contributed by atoms with Gasteiger partial charge in [0.2, 0.25) is 0 Å². The Balaban J connectivity index is 1.46. The highest BCUT2D eigenvalue weighted by Crippen LogP contribution is 2.40. The predicted octanol–water partition coefficient (Wildman–Crippen LogP) is 5.53. The number of carbonyl (C=O) groups is 1. The van der Waals surface area contributed by atoms with Crippen molar-refractivity contribution in [2.45, 2.75) is 43.9 Å². The second-order valence-corrected chi connectivity index (χ2v) is 10.0. The molecule has 1 amide bonds. The number of aromatic nitrogens is 3. The van der Waals surface area contributed by atoms with Gasteiger partial charge in [-0.3, -0.25) is 9.78 Å². The minimum atomic E-state index is -4.80. The first kappa shape index (κ1) is 27.5. The number of carbonyl (C=O) groups excluding carboxylic acids is 1. The van der Waals surface area contributed by atoms with Gasteiger partial charge in [0.25, 0.3) is 5.91 Å². The van der Waals surface area contributed by atoms with E-state index in [2.05, 4.69) is 15.4 Å². The largest absolute Gasteiger partial charge is 0.435 e. The van der Waals surface area contributed by atoms with Gasteiger partial charge >= 0.3 is 6.18 Å². The van der Waals surface area contributed by atoms with Gasteiger partial charge in [0.1, 0.15) is 11.5 Å². The highest BCUT2D eigenvalue weighted by molar-refractivity contribution is 6.03. The van der Waals surface area contributed by atoms with Crippen LogP contribution in [-0.4, -0.2) is 20.7 Å². The van der Waals surface area contributed by atoms with E-state index >= 15 is 4.39 Å². The van der Waals surface area contributed by atoms with Gasteiger partial charge in [-0.15, -0.1) is 0 Å². The number of benzene rings is 2. The van der Waals surface area contributed by atoms with Crippen LogP contribution in [0.4, 0.5) is 23.2 Å². The summed E-state index contributed by atoms with van der Waals surface area (Å²) in [5, 5.41) is 5.99. The molecular weight excluding hydrogens is 524 g/mol. The maximum atomic E-state index is 15.4. The molecule has 1 atom stereocenters. The molecule has 1 saturated carbocycles. The van der Waals surface area contributed by atoms with Crippen molar-refractivity contribution in [3.05, 3.63) is 107 Å². The Morgan fingerprint density at radius 3 is 2.48 bits per heavy atom. The van der Waals surface area contributed by atoms with Crippen LogP contribution in [0, 0.1) is 11.7 Å². The van der Waals surface area contributed by atoms with E-state index < -0.39 is 34.8 Å². The molecule has 0 saturated heterocycles. The van der Waals surface area contributed by atoms with Crippen molar-refractivity contribution in [3.8, 4) is 5.69 Å². The van der Waals surface area contributed by atoms with Gasteiger partial charge in [0.05, 0.1) is 22.6 Å². The maximum Gasteiger partial charge on any atom is 0.435 e. The van der Waals surface area contributed by atoms with Crippen molar-refractivity contribution in [2.75, 3.05) is 5.32 Å². The van der Waals surface area contributed by atoms with Crippen molar-refractivity contribution in [1.29, 1.82) is 0 Å². The number of hydrogen-bond donors (Lipinski definition) is 3. The van der Waals surface area contributed by atoms with Crippen molar-refractivity contribution in [1.82, 2.24) is 14.8 Å². The van der Waals surface area contributed by atoms with E-state index in [1.54, 1.807) is 36.5 Å². The van der Waals surface area contributed by atoms with Gasteiger partial charge < -0.3 is 16.8 Å². The molecule has 4 aromatic rings. The van der Waals surface area contributed by atoms with E-state index in [0.29, 0.717) is 35.2 Å². The number of nitrogens with one attached hydrogen (secondary N) is 1.